The van der Waals surface area contributed by atoms with Gasteiger partial charge < -0.3 is 19.9 Å². The highest BCUT2D eigenvalue weighted by Crippen LogP contribution is 2.39. The van der Waals surface area contributed by atoms with Crippen molar-refractivity contribution < 1.29 is 28.6 Å². The summed E-state index contributed by atoms with van der Waals surface area (Å²) in [6.07, 6.45) is 3.28. The molecule has 0 saturated carbocycles. The summed E-state index contributed by atoms with van der Waals surface area (Å²) in [5.41, 5.74) is 7.32. The Morgan fingerprint density at radius 2 is 1.90 bits per heavy atom. The molecule has 1 saturated heterocycles. The highest BCUT2D eigenvalue weighted by atomic mass is 32.2. The van der Waals surface area contributed by atoms with Gasteiger partial charge in [-0.3, -0.25) is 14.5 Å². The van der Waals surface area contributed by atoms with Crippen LogP contribution in [0.15, 0.2) is 35.5 Å². The van der Waals surface area contributed by atoms with Crippen molar-refractivity contribution in [3.05, 3.63) is 41.1 Å². The molecule has 0 aliphatic carbocycles. The minimum absolute atomic E-state index is 0.0468. The van der Waals surface area contributed by atoms with E-state index in [0.29, 0.717) is 17.9 Å². The first-order valence-corrected chi connectivity index (χ1v) is 11.4. The van der Waals surface area contributed by atoms with Crippen LogP contribution in [-0.2, 0) is 30.5 Å². The van der Waals surface area contributed by atoms with Gasteiger partial charge in [0.2, 0.25) is 5.91 Å². The normalized spacial score (nSPS) is 20.1. The average molecular weight is 449 g/mol. The van der Waals surface area contributed by atoms with Gasteiger partial charge in [-0.15, -0.1) is 11.8 Å². The SMILES string of the molecule is CCCCCOc1ccc(COC(=O)C2=C(COC(C)=O)CSC3C(N)C(=O)N23)cc1. The third-order valence-electron chi connectivity index (χ3n) is 5.04. The van der Waals surface area contributed by atoms with Gasteiger partial charge in [0.05, 0.1) is 6.61 Å². The number of hydrogen-bond donors (Lipinski definition) is 1. The number of hydrogen-bond acceptors (Lipinski definition) is 8. The number of rotatable bonds is 10. The van der Waals surface area contributed by atoms with Crippen LogP contribution in [0.2, 0.25) is 0 Å². The Kier molecular flexibility index (Phi) is 7.97. The molecule has 2 aliphatic heterocycles. The molecule has 8 nitrogen and oxygen atoms in total. The van der Waals surface area contributed by atoms with E-state index < -0.39 is 18.0 Å². The largest absolute Gasteiger partial charge is 0.494 e. The minimum Gasteiger partial charge on any atom is -0.494 e. The summed E-state index contributed by atoms with van der Waals surface area (Å²) in [7, 11) is 0. The van der Waals surface area contributed by atoms with Crippen molar-refractivity contribution in [1.82, 2.24) is 4.90 Å². The van der Waals surface area contributed by atoms with E-state index in [-0.39, 0.29) is 30.2 Å². The van der Waals surface area contributed by atoms with Crippen LogP contribution in [0.5, 0.6) is 5.75 Å². The lowest BCUT2D eigenvalue weighted by Crippen LogP contribution is -2.68. The molecule has 9 heteroatoms. The minimum atomic E-state index is -0.645. The van der Waals surface area contributed by atoms with Gasteiger partial charge >= 0.3 is 11.9 Å². The molecule has 31 heavy (non-hydrogen) atoms. The number of amides is 1. The van der Waals surface area contributed by atoms with Gasteiger partial charge in [-0.05, 0) is 24.1 Å². The standard InChI is InChI=1S/C22H28N2O6S/c1-3-4-5-10-28-17-8-6-15(7-9-17)11-30-22(27)19-16(12-29-14(2)25)13-31-21-18(23)20(26)24(19)21/h6-9,18,21H,3-5,10-13,23H2,1-2H3. The zero-order chi connectivity index (χ0) is 22.4. The number of esters is 2. The first-order valence-electron chi connectivity index (χ1n) is 10.4. The summed E-state index contributed by atoms with van der Waals surface area (Å²) in [4.78, 5) is 37.7. The number of nitrogens with two attached hydrogens (primary N) is 1. The molecule has 1 aromatic carbocycles. The molecule has 2 atom stereocenters. The van der Waals surface area contributed by atoms with Crippen molar-refractivity contribution in [1.29, 1.82) is 0 Å². The number of β-lactam (4-membered cyclic amide) rings is 1. The maximum atomic E-state index is 12.8. The van der Waals surface area contributed by atoms with Crippen LogP contribution >= 0.6 is 11.8 Å². The number of benzene rings is 1. The molecule has 168 valence electrons. The van der Waals surface area contributed by atoms with Gasteiger partial charge in [-0.2, -0.15) is 0 Å². The van der Waals surface area contributed by atoms with Gasteiger partial charge in [-0.1, -0.05) is 31.9 Å². The summed E-state index contributed by atoms with van der Waals surface area (Å²) in [5.74, 6) is -0.230. The molecule has 0 radical (unpaired) electrons. The molecule has 0 bridgehead atoms. The number of unbranched alkanes of at least 4 members (excludes halogenated alkanes) is 2. The second-order valence-electron chi connectivity index (χ2n) is 7.44. The number of carbonyl (C=O) groups is 3. The molecule has 1 amide bonds. The van der Waals surface area contributed by atoms with Crippen LogP contribution < -0.4 is 10.5 Å². The molecule has 0 aromatic heterocycles. The van der Waals surface area contributed by atoms with E-state index in [1.807, 2.05) is 24.3 Å². The molecule has 2 heterocycles. The fraction of sp³-hybridized carbons (Fsp3) is 0.500. The number of thioether (sulfide) groups is 1. The van der Waals surface area contributed by atoms with E-state index >= 15 is 0 Å². The molecule has 2 unspecified atom stereocenters. The molecule has 3 rings (SSSR count). The smallest absolute Gasteiger partial charge is 0.355 e. The fourth-order valence-corrected chi connectivity index (χ4v) is 4.58. The second-order valence-corrected chi connectivity index (χ2v) is 8.55. The van der Waals surface area contributed by atoms with E-state index in [1.165, 1.54) is 23.6 Å². The van der Waals surface area contributed by atoms with Crippen LogP contribution in [0.4, 0.5) is 0 Å². The third kappa shape index (κ3) is 5.59. The zero-order valence-corrected chi connectivity index (χ0v) is 18.6. The van der Waals surface area contributed by atoms with E-state index in [4.69, 9.17) is 19.9 Å². The quantitative estimate of drug-likeness (QED) is 0.330. The van der Waals surface area contributed by atoms with Gasteiger partial charge in [0.15, 0.2) is 0 Å². The van der Waals surface area contributed by atoms with E-state index in [0.717, 1.165) is 30.6 Å². The van der Waals surface area contributed by atoms with Crippen molar-refractivity contribution >= 4 is 29.6 Å². The molecular weight excluding hydrogens is 420 g/mol. The van der Waals surface area contributed by atoms with E-state index in [2.05, 4.69) is 6.92 Å². The van der Waals surface area contributed by atoms with E-state index in [9.17, 15) is 14.4 Å². The van der Waals surface area contributed by atoms with Crippen LogP contribution in [0.25, 0.3) is 0 Å². The fourth-order valence-electron chi connectivity index (χ4n) is 3.31. The number of ether oxygens (including phenoxy) is 3. The van der Waals surface area contributed by atoms with Crippen LogP contribution in [0, 0.1) is 0 Å². The summed E-state index contributed by atoms with van der Waals surface area (Å²) in [6.45, 7) is 4.09. The summed E-state index contributed by atoms with van der Waals surface area (Å²) < 4.78 is 16.2. The lowest BCUT2D eigenvalue weighted by Gasteiger charge is -2.48. The third-order valence-corrected chi connectivity index (χ3v) is 6.40. The van der Waals surface area contributed by atoms with Crippen LogP contribution in [0.1, 0.15) is 38.7 Å². The Morgan fingerprint density at radius 3 is 2.58 bits per heavy atom. The molecular formula is C22H28N2O6S. The van der Waals surface area contributed by atoms with Crippen molar-refractivity contribution in [3.63, 3.8) is 0 Å². The monoisotopic (exact) mass is 448 g/mol. The molecule has 2 aliphatic rings. The zero-order valence-electron chi connectivity index (χ0n) is 17.8. The van der Waals surface area contributed by atoms with Gasteiger partial charge in [0.1, 0.15) is 36.1 Å². The highest BCUT2D eigenvalue weighted by molar-refractivity contribution is 8.00. The highest BCUT2D eigenvalue weighted by Gasteiger charge is 2.52. The second kappa shape index (κ2) is 10.7. The summed E-state index contributed by atoms with van der Waals surface area (Å²) >= 11 is 1.44. The molecule has 2 N–H and O–H groups in total. The maximum Gasteiger partial charge on any atom is 0.355 e. The van der Waals surface area contributed by atoms with Gasteiger partial charge in [0.25, 0.3) is 0 Å². The lowest BCUT2D eigenvalue weighted by atomic mass is 10.0. The average Bonchev–Trinajstić information content (AvgIpc) is 2.78. The lowest BCUT2D eigenvalue weighted by molar-refractivity contribution is -0.151. The predicted molar refractivity (Wildman–Crippen MR) is 116 cm³/mol. The summed E-state index contributed by atoms with van der Waals surface area (Å²) in [6, 6.07) is 6.70. The van der Waals surface area contributed by atoms with Crippen molar-refractivity contribution in [2.24, 2.45) is 5.73 Å². The van der Waals surface area contributed by atoms with Gasteiger partial charge in [-0.25, -0.2) is 4.79 Å². The van der Waals surface area contributed by atoms with Gasteiger partial charge in [0, 0.05) is 18.2 Å². The van der Waals surface area contributed by atoms with Crippen LogP contribution in [0.3, 0.4) is 0 Å². The topological polar surface area (TPSA) is 108 Å². The number of carbonyl (C=O) groups excluding carboxylic acids is 3. The first-order chi connectivity index (χ1) is 14.9. The Hall–Kier alpha value is -2.52. The van der Waals surface area contributed by atoms with Crippen molar-refractivity contribution in [2.75, 3.05) is 19.0 Å². The first kappa shape index (κ1) is 23.1. The van der Waals surface area contributed by atoms with Crippen LogP contribution in [-0.4, -0.2) is 53.1 Å². The Bertz CT molecular complexity index is 854. The number of nitrogens with zero attached hydrogens (tertiary/aromatic N) is 1. The molecule has 0 spiro atoms. The molecule has 1 aromatic rings. The molecule has 1 fully saturated rings. The number of fused-ring (bicyclic) bond motifs is 1. The predicted octanol–water partition coefficient (Wildman–Crippen LogP) is 2.36. The Morgan fingerprint density at radius 1 is 1.16 bits per heavy atom. The Balaban J connectivity index is 1.62. The van der Waals surface area contributed by atoms with E-state index in [1.54, 1.807) is 0 Å². The maximum absolute atomic E-state index is 12.8. The van der Waals surface area contributed by atoms with Crippen molar-refractivity contribution in [2.45, 2.75) is 51.1 Å². The summed E-state index contributed by atoms with van der Waals surface area (Å²) in [5, 5.41) is -0.305. The Labute approximate surface area is 186 Å². The van der Waals surface area contributed by atoms with Crippen molar-refractivity contribution in [3.8, 4) is 5.75 Å².